The maximum absolute atomic E-state index is 6.27. The first-order chi connectivity index (χ1) is 9.42. The molecule has 0 amide bonds. The Labute approximate surface area is 126 Å². The van der Waals surface area contributed by atoms with Gasteiger partial charge in [-0.1, -0.05) is 27.2 Å². The first kappa shape index (κ1) is 14.9. The van der Waals surface area contributed by atoms with Gasteiger partial charge in [0, 0.05) is 0 Å². The Balaban J connectivity index is 1.59. The van der Waals surface area contributed by atoms with Crippen LogP contribution in [0.1, 0.15) is 78.6 Å². The molecule has 3 aliphatic carbocycles. The van der Waals surface area contributed by atoms with Crippen molar-refractivity contribution in [3.8, 4) is 0 Å². The van der Waals surface area contributed by atoms with Gasteiger partial charge in [0.1, 0.15) is 0 Å². The van der Waals surface area contributed by atoms with Crippen molar-refractivity contribution in [2.24, 2.45) is 40.2 Å². The van der Waals surface area contributed by atoms with E-state index in [1.807, 2.05) is 0 Å². The summed E-state index contributed by atoms with van der Waals surface area (Å²) in [7, 11) is 0. The lowest BCUT2D eigenvalue weighted by Crippen LogP contribution is -2.39. The van der Waals surface area contributed by atoms with Crippen LogP contribution in [-0.4, -0.2) is 6.54 Å². The van der Waals surface area contributed by atoms with Gasteiger partial charge in [-0.2, -0.15) is 0 Å². The highest BCUT2D eigenvalue weighted by molar-refractivity contribution is 4.96. The van der Waals surface area contributed by atoms with E-state index >= 15 is 0 Å². The van der Waals surface area contributed by atoms with E-state index in [9.17, 15) is 0 Å². The van der Waals surface area contributed by atoms with Gasteiger partial charge in [-0.3, -0.25) is 0 Å². The van der Waals surface area contributed by atoms with Crippen molar-refractivity contribution < 1.29 is 0 Å². The van der Waals surface area contributed by atoms with E-state index in [0.29, 0.717) is 10.8 Å². The summed E-state index contributed by atoms with van der Waals surface area (Å²) in [5.41, 5.74) is 7.27. The van der Waals surface area contributed by atoms with E-state index in [2.05, 4.69) is 20.8 Å². The van der Waals surface area contributed by atoms with Crippen LogP contribution in [0.5, 0.6) is 0 Å². The molecule has 3 atom stereocenters. The molecule has 1 heteroatoms. The van der Waals surface area contributed by atoms with Crippen molar-refractivity contribution in [2.75, 3.05) is 6.54 Å². The summed E-state index contributed by atoms with van der Waals surface area (Å²) in [6.45, 7) is 8.20. The number of hydrogen-bond acceptors (Lipinski definition) is 1. The van der Waals surface area contributed by atoms with Gasteiger partial charge < -0.3 is 5.73 Å². The van der Waals surface area contributed by atoms with Crippen molar-refractivity contribution >= 4 is 0 Å². The van der Waals surface area contributed by atoms with Crippen molar-refractivity contribution in [3.63, 3.8) is 0 Å². The molecule has 116 valence electrons. The van der Waals surface area contributed by atoms with Crippen LogP contribution < -0.4 is 5.73 Å². The molecule has 0 aromatic carbocycles. The Hall–Kier alpha value is -0.0400. The highest BCUT2D eigenvalue weighted by Gasteiger charge is 2.45. The third kappa shape index (κ3) is 2.80. The molecule has 0 saturated heterocycles. The maximum Gasteiger partial charge on any atom is -0.00204 e. The van der Waals surface area contributed by atoms with Crippen LogP contribution in [0, 0.1) is 34.5 Å². The van der Waals surface area contributed by atoms with E-state index in [0.717, 1.165) is 30.2 Å². The SMILES string of the molecule is CC(C)(C)C1CCC(CN)(CC2CC3CCC2C3)CC1. The van der Waals surface area contributed by atoms with E-state index in [-0.39, 0.29) is 0 Å². The Morgan fingerprint density at radius 1 is 1.00 bits per heavy atom. The molecule has 1 nitrogen and oxygen atoms in total. The Kier molecular flexibility index (Phi) is 3.95. The Morgan fingerprint density at radius 2 is 1.70 bits per heavy atom. The number of hydrogen-bond donors (Lipinski definition) is 1. The molecule has 3 unspecified atom stereocenters. The summed E-state index contributed by atoms with van der Waals surface area (Å²) in [6, 6.07) is 0. The maximum atomic E-state index is 6.27. The Morgan fingerprint density at radius 3 is 2.15 bits per heavy atom. The van der Waals surface area contributed by atoms with E-state index in [1.54, 1.807) is 6.42 Å². The van der Waals surface area contributed by atoms with Crippen molar-refractivity contribution in [3.05, 3.63) is 0 Å². The molecule has 0 radical (unpaired) electrons. The lowest BCUT2D eigenvalue weighted by atomic mass is 9.61. The topological polar surface area (TPSA) is 26.0 Å². The molecule has 0 spiro atoms. The van der Waals surface area contributed by atoms with Crippen molar-refractivity contribution in [1.82, 2.24) is 0 Å². The summed E-state index contributed by atoms with van der Waals surface area (Å²) in [6.07, 6.45) is 13.2. The lowest BCUT2D eigenvalue weighted by molar-refractivity contribution is 0.0638. The van der Waals surface area contributed by atoms with E-state index in [1.165, 1.54) is 51.4 Å². The quantitative estimate of drug-likeness (QED) is 0.772. The molecular weight excluding hydrogens is 242 g/mol. The molecule has 2 N–H and O–H groups in total. The van der Waals surface area contributed by atoms with Gasteiger partial charge in [-0.05, 0) is 92.4 Å². The second kappa shape index (κ2) is 5.30. The fraction of sp³-hybridized carbons (Fsp3) is 1.00. The molecule has 0 aromatic rings. The minimum absolute atomic E-state index is 0.493. The van der Waals surface area contributed by atoms with Crippen LogP contribution in [0.2, 0.25) is 0 Å². The molecule has 0 heterocycles. The summed E-state index contributed by atoms with van der Waals surface area (Å²) in [4.78, 5) is 0. The van der Waals surface area contributed by atoms with Crippen LogP contribution in [0.15, 0.2) is 0 Å². The van der Waals surface area contributed by atoms with Gasteiger partial charge >= 0.3 is 0 Å². The van der Waals surface area contributed by atoms with E-state index in [4.69, 9.17) is 5.73 Å². The third-order valence-corrected chi connectivity index (χ3v) is 7.28. The molecule has 3 aliphatic rings. The van der Waals surface area contributed by atoms with Crippen LogP contribution >= 0.6 is 0 Å². The third-order valence-electron chi connectivity index (χ3n) is 7.28. The molecule has 20 heavy (non-hydrogen) atoms. The molecule has 0 aromatic heterocycles. The van der Waals surface area contributed by atoms with Crippen molar-refractivity contribution in [1.29, 1.82) is 0 Å². The van der Waals surface area contributed by atoms with Gasteiger partial charge in [0.15, 0.2) is 0 Å². The van der Waals surface area contributed by atoms with Crippen molar-refractivity contribution in [2.45, 2.75) is 78.6 Å². The van der Waals surface area contributed by atoms with Crippen LogP contribution in [0.4, 0.5) is 0 Å². The molecular formula is C19H35N. The lowest BCUT2D eigenvalue weighted by Gasteiger charge is -2.45. The van der Waals surface area contributed by atoms with Gasteiger partial charge in [0.2, 0.25) is 0 Å². The second-order valence-electron chi connectivity index (χ2n) is 9.48. The largest absolute Gasteiger partial charge is 0.330 e. The minimum atomic E-state index is 0.493. The standard InChI is InChI=1S/C19H35N/c1-18(2,3)17-6-8-19(13-20,9-7-17)12-16-11-14-4-5-15(16)10-14/h14-17H,4-13,20H2,1-3H3. The zero-order chi connectivity index (χ0) is 14.4. The van der Waals surface area contributed by atoms with Gasteiger partial charge in [0.05, 0.1) is 0 Å². The highest BCUT2D eigenvalue weighted by Crippen LogP contribution is 2.55. The fourth-order valence-electron chi connectivity index (χ4n) is 5.77. The average Bonchev–Trinajstić information content (AvgIpc) is 3.00. The highest BCUT2D eigenvalue weighted by atomic mass is 14.6. The average molecular weight is 277 g/mol. The van der Waals surface area contributed by atoms with Crippen LogP contribution in [0.3, 0.4) is 0 Å². The number of rotatable bonds is 3. The smallest absolute Gasteiger partial charge is 0.00204 e. The summed E-state index contributed by atoms with van der Waals surface area (Å²) < 4.78 is 0. The normalized spacial score (nSPS) is 45.0. The van der Waals surface area contributed by atoms with Gasteiger partial charge in [-0.25, -0.2) is 0 Å². The monoisotopic (exact) mass is 277 g/mol. The number of nitrogens with two attached hydrogens (primary N) is 1. The van der Waals surface area contributed by atoms with E-state index < -0.39 is 0 Å². The minimum Gasteiger partial charge on any atom is -0.330 e. The predicted molar refractivity (Wildman–Crippen MR) is 86.5 cm³/mol. The second-order valence-corrected chi connectivity index (χ2v) is 9.48. The first-order valence-electron chi connectivity index (χ1n) is 9.12. The number of fused-ring (bicyclic) bond motifs is 2. The van der Waals surface area contributed by atoms with Crippen LogP contribution in [0.25, 0.3) is 0 Å². The first-order valence-corrected chi connectivity index (χ1v) is 9.12. The zero-order valence-electron chi connectivity index (χ0n) is 14.0. The van der Waals surface area contributed by atoms with Crippen LogP contribution in [-0.2, 0) is 0 Å². The molecule has 0 aliphatic heterocycles. The van der Waals surface area contributed by atoms with Gasteiger partial charge in [0.25, 0.3) is 0 Å². The summed E-state index contributed by atoms with van der Waals surface area (Å²) >= 11 is 0. The zero-order valence-corrected chi connectivity index (χ0v) is 14.0. The fourth-order valence-corrected chi connectivity index (χ4v) is 5.77. The summed E-state index contributed by atoms with van der Waals surface area (Å²) in [5, 5.41) is 0. The summed E-state index contributed by atoms with van der Waals surface area (Å²) in [5.74, 6) is 4.11. The predicted octanol–water partition coefficient (Wildman–Crippen LogP) is 4.99. The molecule has 3 saturated carbocycles. The molecule has 2 bridgehead atoms. The van der Waals surface area contributed by atoms with Gasteiger partial charge in [-0.15, -0.1) is 0 Å². The Bertz CT molecular complexity index is 332. The molecule has 3 rings (SSSR count). The molecule has 3 fully saturated rings.